The summed E-state index contributed by atoms with van der Waals surface area (Å²) in [6, 6.07) is 17.6. The average Bonchev–Trinajstić information content (AvgIpc) is 2.80. The molecule has 0 spiro atoms. The SMILES string of the molecule is CCOC(=O)Nc1cccc(Cn2nc(-c3ccccc3NC(=O)CCN(C)C)ccc2=O)c1. The first-order chi connectivity index (χ1) is 16.4. The smallest absolute Gasteiger partial charge is 0.411 e. The second-order valence-electron chi connectivity index (χ2n) is 7.91. The Morgan fingerprint density at radius 1 is 1.03 bits per heavy atom. The van der Waals surface area contributed by atoms with Crippen LogP contribution in [0.15, 0.2) is 65.5 Å². The molecule has 2 aromatic carbocycles. The minimum atomic E-state index is -0.541. The highest BCUT2D eigenvalue weighted by Gasteiger charge is 2.12. The van der Waals surface area contributed by atoms with Gasteiger partial charge in [0.2, 0.25) is 5.91 Å². The van der Waals surface area contributed by atoms with Crippen LogP contribution >= 0.6 is 0 Å². The molecule has 0 aliphatic rings. The van der Waals surface area contributed by atoms with E-state index in [1.807, 2.05) is 49.3 Å². The normalized spacial score (nSPS) is 10.7. The first kappa shape index (κ1) is 24.7. The van der Waals surface area contributed by atoms with Gasteiger partial charge < -0.3 is 15.0 Å². The predicted molar refractivity (Wildman–Crippen MR) is 132 cm³/mol. The number of amides is 2. The Kier molecular flexibility index (Phi) is 8.53. The van der Waals surface area contributed by atoms with Gasteiger partial charge in [0.1, 0.15) is 0 Å². The summed E-state index contributed by atoms with van der Waals surface area (Å²) in [5.74, 6) is -0.0969. The summed E-state index contributed by atoms with van der Waals surface area (Å²) in [6.45, 7) is 2.85. The van der Waals surface area contributed by atoms with Crippen LogP contribution in [0, 0.1) is 0 Å². The lowest BCUT2D eigenvalue weighted by molar-refractivity contribution is -0.116. The Labute approximate surface area is 198 Å². The fourth-order valence-corrected chi connectivity index (χ4v) is 3.26. The zero-order valence-corrected chi connectivity index (χ0v) is 19.6. The first-order valence-electron chi connectivity index (χ1n) is 11.0. The highest BCUT2D eigenvalue weighted by Crippen LogP contribution is 2.25. The fourth-order valence-electron chi connectivity index (χ4n) is 3.26. The van der Waals surface area contributed by atoms with E-state index < -0.39 is 6.09 Å². The third kappa shape index (κ3) is 7.01. The predicted octanol–water partition coefficient (Wildman–Crippen LogP) is 3.42. The molecule has 0 unspecified atom stereocenters. The molecule has 9 heteroatoms. The van der Waals surface area contributed by atoms with Gasteiger partial charge >= 0.3 is 6.09 Å². The van der Waals surface area contributed by atoms with Crippen LogP contribution in [0.3, 0.4) is 0 Å². The zero-order chi connectivity index (χ0) is 24.5. The molecule has 2 amide bonds. The van der Waals surface area contributed by atoms with Crippen molar-refractivity contribution in [2.24, 2.45) is 0 Å². The number of ether oxygens (including phenoxy) is 1. The van der Waals surface area contributed by atoms with E-state index in [1.54, 1.807) is 31.2 Å². The van der Waals surface area contributed by atoms with E-state index in [2.05, 4.69) is 15.7 Å². The maximum absolute atomic E-state index is 12.5. The number of carbonyl (C=O) groups excluding carboxylic acids is 2. The molecule has 0 aliphatic heterocycles. The van der Waals surface area contributed by atoms with Gasteiger partial charge in [-0.3, -0.25) is 14.9 Å². The topological polar surface area (TPSA) is 106 Å². The van der Waals surface area contributed by atoms with E-state index in [-0.39, 0.29) is 24.6 Å². The van der Waals surface area contributed by atoms with Crippen LogP contribution in [0.5, 0.6) is 0 Å². The highest BCUT2D eigenvalue weighted by molar-refractivity contribution is 5.95. The molecule has 3 aromatic rings. The molecular formula is C25H29N5O4. The van der Waals surface area contributed by atoms with E-state index in [1.165, 1.54) is 10.7 Å². The van der Waals surface area contributed by atoms with Crippen LogP contribution in [0.1, 0.15) is 18.9 Å². The molecule has 1 heterocycles. The first-order valence-corrected chi connectivity index (χ1v) is 11.0. The van der Waals surface area contributed by atoms with Crippen molar-refractivity contribution in [3.05, 3.63) is 76.6 Å². The van der Waals surface area contributed by atoms with E-state index >= 15 is 0 Å². The Balaban J connectivity index is 1.82. The van der Waals surface area contributed by atoms with Crippen molar-refractivity contribution in [1.29, 1.82) is 0 Å². The van der Waals surface area contributed by atoms with Crippen LogP contribution in [-0.2, 0) is 16.1 Å². The lowest BCUT2D eigenvalue weighted by atomic mass is 10.1. The molecule has 0 saturated carbocycles. The van der Waals surface area contributed by atoms with Crippen molar-refractivity contribution >= 4 is 23.4 Å². The van der Waals surface area contributed by atoms with Gasteiger partial charge in [-0.1, -0.05) is 30.3 Å². The number of hydrogen-bond donors (Lipinski definition) is 2. The number of aromatic nitrogens is 2. The maximum atomic E-state index is 12.5. The van der Waals surface area contributed by atoms with Crippen molar-refractivity contribution in [3.63, 3.8) is 0 Å². The Morgan fingerprint density at radius 2 is 1.82 bits per heavy atom. The Bertz CT molecular complexity index is 1210. The molecule has 9 nitrogen and oxygen atoms in total. The molecule has 178 valence electrons. The van der Waals surface area contributed by atoms with Gasteiger partial charge in [0.25, 0.3) is 5.56 Å². The number of nitrogens with one attached hydrogen (secondary N) is 2. The monoisotopic (exact) mass is 463 g/mol. The number of anilines is 2. The second-order valence-corrected chi connectivity index (χ2v) is 7.91. The van der Waals surface area contributed by atoms with E-state index in [4.69, 9.17) is 4.74 Å². The summed E-state index contributed by atoms with van der Waals surface area (Å²) < 4.78 is 6.25. The standard InChI is InChI=1S/C25H29N5O4/c1-4-34-25(33)26-19-9-7-8-18(16-19)17-30-24(32)13-12-22(28-30)20-10-5-6-11-21(20)27-23(31)14-15-29(2)3/h5-13,16H,4,14-15,17H2,1-3H3,(H,26,33)(H,27,31). The van der Waals surface area contributed by atoms with Crippen LogP contribution < -0.4 is 16.2 Å². The number of para-hydroxylation sites is 1. The Hall–Kier alpha value is -3.98. The fraction of sp³-hybridized carbons (Fsp3) is 0.280. The quantitative estimate of drug-likeness (QED) is 0.504. The number of nitrogens with zero attached hydrogens (tertiary/aromatic N) is 3. The van der Waals surface area contributed by atoms with Gasteiger partial charge in [0, 0.05) is 30.3 Å². The molecule has 0 atom stereocenters. The van der Waals surface area contributed by atoms with Crippen LogP contribution in [0.25, 0.3) is 11.3 Å². The largest absolute Gasteiger partial charge is 0.450 e. The van der Waals surface area contributed by atoms with Gasteiger partial charge in [-0.25, -0.2) is 9.48 Å². The third-order valence-corrected chi connectivity index (χ3v) is 4.91. The van der Waals surface area contributed by atoms with Gasteiger partial charge in [0.15, 0.2) is 0 Å². The van der Waals surface area contributed by atoms with Crippen molar-refractivity contribution in [2.75, 3.05) is 37.9 Å². The summed E-state index contributed by atoms with van der Waals surface area (Å²) in [5.41, 5.74) is 2.98. The number of carbonyl (C=O) groups is 2. The lowest BCUT2D eigenvalue weighted by Gasteiger charge is -2.14. The number of benzene rings is 2. The molecule has 0 saturated heterocycles. The van der Waals surface area contributed by atoms with Crippen molar-refractivity contribution in [1.82, 2.24) is 14.7 Å². The summed E-state index contributed by atoms with van der Waals surface area (Å²) in [4.78, 5) is 38.5. The van der Waals surface area contributed by atoms with Gasteiger partial charge in [-0.15, -0.1) is 0 Å². The number of hydrogen-bond acceptors (Lipinski definition) is 6. The Morgan fingerprint density at radius 3 is 2.59 bits per heavy atom. The van der Waals surface area contributed by atoms with Crippen LogP contribution in [0.2, 0.25) is 0 Å². The van der Waals surface area contributed by atoms with Crippen LogP contribution in [0.4, 0.5) is 16.2 Å². The molecule has 0 bridgehead atoms. The second kappa shape index (κ2) is 11.8. The van der Waals surface area contributed by atoms with Gasteiger partial charge in [-0.05, 0) is 50.8 Å². The highest BCUT2D eigenvalue weighted by atomic mass is 16.5. The molecule has 0 fully saturated rings. The van der Waals surface area contributed by atoms with E-state index in [9.17, 15) is 14.4 Å². The van der Waals surface area contributed by atoms with E-state index in [0.717, 1.165) is 5.56 Å². The zero-order valence-electron chi connectivity index (χ0n) is 19.6. The van der Waals surface area contributed by atoms with Crippen molar-refractivity contribution in [3.8, 4) is 11.3 Å². The molecule has 34 heavy (non-hydrogen) atoms. The maximum Gasteiger partial charge on any atom is 0.411 e. The minimum Gasteiger partial charge on any atom is -0.450 e. The molecule has 0 radical (unpaired) electrons. The van der Waals surface area contributed by atoms with Gasteiger partial charge in [0.05, 0.1) is 24.5 Å². The van der Waals surface area contributed by atoms with Crippen molar-refractivity contribution in [2.45, 2.75) is 19.9 Å². The molecule has 3 rings (SSSR count). The number of rotatable bonds is 9. The van der Waals surface area contributed by atoms with E-state index in [0.29, 0.717) is 35.6 Å². The summed E-state index contributed by atoms with van der Waals surface area (Å²) in [7, 11) is 3.83. The van der Waals surface area contributed by atoms with Crippen molar-refractivity contribution < 1.29 is 14.3 Å². The molecule has 0 aliphatic carbocycles. The summed E-state index contributed by atoms with van der Waals surface area (Å²) in [6.07, 6.45) is -0.175. The molecule has 1 aromatic heterocycles. The third-order valence-electron chi connectivity index (χ3n) is 4.91. The minimum absolute atomic E-state index is 0.0969. The average molecular weight is 464 g/mol. The lowest BCUT2D eigenvalue weighted by Crippen LogP contribution is -2.23. The molecular weight excluding hydrogens is 434 g/mol. The van der Waals surface area contributed by atoms with Crippen LogP contribution in [-0.4, -0.2) is 53.9 Å². The summed E-state index contributed by atoms with van der Waals surface area (Å²) >= 11 is 0. The molecule has 2 N–H and O–H groups in total. The summed E-state index contributed by atoms with van der Waals surface area (Å²) in [5, 5.41) is 10.1. The van der Waals surface area contributed by atoms with Gasteiger partial charge in [-0.2, -0.15) is 5.10 Å².